The number of hydrogen-bond acceptors (Lipinski definition) is 4. The minimum atomic E-state index is -0.173. The molecule has 0 saturated carbocycles. The highest BCUT2D eigenvalue weighted by Gasteiger charge is 2.16. The van der Waals surface area contributed by atoms with E-state index in [0.717, 1.165) is 5.69 Å². The summed E-state index contributed by atoms with van der Waals surface area (Å²) in [5.41, 5.74) is 0.807. The molecule has 1 heterocycles. The van der Waals surface area contributed by atoms with Gasteiger partial charge >= 0.3 is 6.03 Å². The maximum atomic E-state index is 11.6. The SMILES string of the molecule is CSC(C)(C)CNC(=O)NCc1ccnc(C)n1. The van der Waals surface area contributed by atoms with Crippen LogP contribution in [0.3, 0.4) is 0 Å². The fourth-order valence-electron chi connectivity index (χ4n) is 1.20. The summed E-state index contributed by atoms with van der Waals surface area (Å²) < 4.78 is 0.0445. The number of rotatable bonds is 5. The summed E-state index contributed by atoms with van der Waals surface area (Å²) in [4.78, 5) is 19.8. The monoisotopic (exact) mass is 268 g/mol. The number of amides is 2. The lowest BCUT2D eigenvalue weighted by Crippen LogP contribution is -2.41. The van der Waals surface area contributed by atoms with Crippen molar-refractivity contribution in [2.75, 3.05) is 12.8 Å². The van der Waals surface area contributed by atoms with Gasteiger partial charge in [-0.2, -0.15) is 11.8 Å². The normalized spacial score (nSPS) is 11.1. The van der Waals surface area contributed by atoms with Crippen molar-refractivity contribution in [3.8, 4) is 0 Å². The zero-order valence-electron chi connectivity index (χ0n) is 11.3. The summed E-state index contributed by atoms with van der Waals surface area (Å²) >= 11 is 1.72. The summed E-state index contributed by atoms with van der Waals surface area (Å²) in [5, 5.41) is 5.62. The molecule has 18 heavy (non-hydrogen) atoms. The van der Waals surface area contributed by atoms with Gasteiger partial charge in [0.15, 0.2) is 0 Å². The molecule has 6 heteroatoms. The van der Waals surface area contributed by atoms with Crippen LogP contribution >= 0.6 is 11.8 Å². The predicted octanol–water partition coefficient (Wildman–Crippen LogP) is 1.73. The van der Waals surface area contributed by atoms with Crippen LogP contribution in [0.25, 0.3) is 0 Å². The highest BCUT2D eigenvalue weighted by atomic mass is 32.2. The van der Waals surface area contributed by atoms with Gasteiger partial charge in [0.2, 0.25) is 0 Å². The topological polar surface area (TPSA) is 66.9 Å². The van der Waals surface area contributed by atoms with E-state index in [9.17, 15) is 4.79 Å². The van der Waals surface area contributed by atoms with Crippen molar-refractivity contribution < 1.29 is 4.79 Å². The third kappa shape index (κ3) is 5.35. The summed E-state index contributed by atoms with van der Waals surface area (Å²) in [6.07, 6.45) is 3.72. The maximum Gasteiger partial charge on any atom is 0.315 e. The first-order valence-corrected chi connectivity index (χ1v) is 7.01. The molecule has 0 aromatic carbocycles. The number of carbonyl (C=O) groups excluding carboxylic acids is 1. The second kappa shape index (κ2) is 6.58. The lowest BCUT2D eigenvalue weighted by Gasteiger charge is -2.22. The Morgan fingerprint density at radius 3 is 2.78 bits per heavy atom. The molecule has 100 valence electrons. The molecule has 0 aliphatic carbocycles. The van der Waals surface area contributed by atoms with Gasteiger partial charge in [-0.3, -0.25) is 0 Å². The van der Waals surface area contributed by atoms with Crippen LogP contribution in [0.4, 0.5) is 4.79 Å². The van der Waals surface area contributed by atoms with Gasteiger partial charge in [0, 0.05) is 17.5 Å². The van der Waals surface area contributed by atoms with Crippen molar-refractivity contribution in [2.45, 2.75) is 32.1 Å². The van der Waals surface area contributed by atoms with Crippen LogP contribution in [0.15, 0.2) is 12.3 Å². The van der Waals surface area contributed by atoms with Gasteiger partial charge in [-0.25, -0.2) is 14.8 Å². The van der Waals surface area contributed by atoms with Crippen molar-refractivity contribution in [1.29, 1.82) is 0 Å². The number of urea groups is 1. The molecule has 0 aliphatic rings. The number of hydrogen-bond donors (Lipinski definition) is 2. The van der Waals surface area contributed by atoms with Crippen molar-refractivity contribution in [1.82, 2.24) is 20.6 Å². The summed E-state index contributed by atoms with van der Waals surface area (Å²) in [6, 6.07) is 1.62. The van der Waals surface area contributed by atoms with Gasteiger partial charge in [0.25, 0.3) is 0 Å². The molecular formula is C12H20N4OS. The Labute approximate surface area is 112 Å². The van der Waals surface area contributed by atoms with E-state index in [0.29, 0.717) is 18.9 Å². The zero-order chi connectivity index (χ0) is 13.6. The molecule has 2 N–H and O–H groups in total. The van der Waals surface area contributed by atoms with Crippen LogP contribution in [-0.2, 0) is 6.54 Å². The molecule has 0 radical (unpaired) electrons. The molecule has 0 aliphatic heterocycles. The van der Waals surface area contributed by atoms with E-state index in [1.54, 1.807) is 24.0 Å². The predicted molar refractivity (Wildman–Crippen MR) is 74.6 cm³/mol. The number of thioether (sulfide) groups is 1. The standard InChI is InChI=1S/C12H20N4OS/c1-9-13-6-5-10(16-9)7-14-11(17)15-8-12(2,3)18-4/h5-6H,7-8H2,1-4H3,(H2,14,15,17). The molecule has 0 atom stereocenters. The number of aromatic nitrogens is 2. The van der Waals surface area contributed by atoms with Crippen molar-refractivity contribution >= 4 is 17.8 Å². The third-order valence-electron chi connectivity index (χ3n) is 2.49. The molecule has 0 spiro atoms. The van der Waals surface area contributed by atoms with Crippen molar-refractivity contribution in [2.24, 2.45) is 0 Å². The Morgan fingerprint density at radius 1 is 1.44 bits per heavy atom. The summed E-state index contributed by atoms with van der Waals surface area (Å²) in [7, 11) is 0. The van der Waals surface area contributed by atoms with E-state index in [-0.39, 0.29) is 10.8 Å². The summed E-state index contributed by atoms with van der Waals surface area (Å²) in [5.74, 6) is 0.707. The Bertz CT molecular complexity index is 409. The minimum Gasteiger partial charge on any atom is -0.337 e. The van der Waals surface area contributed by atoms with Gasteiger partial charge in [0.05, 0.1) is 12.2 Å². The molecular weight excluding hydrogens is 248 g/mol. The van der Waals surface area contributed by atoms with Gasteiger partial charge < -0.3 is 10.6 Å². The number of nitrogens with one attached hydrogen (secondary N) is 2. The minimum absolute atomic E-state index is 0.0445. The van der Waals surface area contributed by atoms with Crippen molar-refractivity contribution in [3.05, 3.63) is 23.8 Å². The lowest BCUT2D eigenvalue weighted by molar-refractivity contribution is 0.239. The van der Waals surface area contributed by atoms with Crippen LogP contribution < -0.4 is 10.6 Å². The Hall–Kier alpha value is -1.30. The van der Waals surface area contributed by atoms with E-state index < -0.39 is 0 Å². The maximum absolute atomic E-state index is 11.6. The number of aryl methyl sites for hydroxylation is 1. The molecule has 0 unspecified atom stereocenters. The summed E-state index contributed by atoms with van der Waals surface area (Å²) in [6.45, 7) is 7.04. The third-order valence-corrected chi connectivity index (χ3v) is 3.74. The van der Waals surface area contributed by atoms with E-state index >= 15 is 0 Å². The van der Waals surface area contributed by atoms with Crippen LogP contribution in [-0.4, -0.2) is 33.5 Å². The molecule has 1 rings (SSSR count). The smallest absolute Gasteiger partial charge is 0.315 e. The Balaban J connectivity index is 2.34. The Morgan fingerprint density at radius 2 is 2.17 bits per heavy atom. The highest BCUT2D eigenvalue weighted by Crippen LogP contribution is 2.19. The molecule has 2 amide bonds. The van der Waals surface area contributed by atoms with Crippen LogP contribution in [0.1, 0.15) is 25.4 Å². The van der Waals surface area contributed by atoms with Gasteiger partial charge in [-0.15, -0.1) is 0 Å². The van der Waals surface area contributed by atoms with E-state index in [1.807, 2.05) is 13.2 Å². The molecule has 5 nitrogen and oxygen atoms in total. The van der Waals surface area contributed by atoms with E-state index in [1.165, 1.54) is 0 Å². The molecule has 0 fully saturated rings. The van der Waals surface area contributed by atoms with Crippen LogP contribution in [0.5, 0.6) is 0 Å². The molecule has 0 saturated heterocycles. The second-order valence-electron chi connectivity index (χ2n) is 4.60. The van der Waals surface area contributed by atoms with Gasteiger partial charge in [0.1, 0.15) is 5.82 Å². The average molecular weight is 268 g/mol. The number of carbonyl (C=O) groups is 1. The molecule has 1 aromatic rings. The zero-order valence-corrected chi connectivity index (χ0v) is 12.1. The molecule has 0 bridgehead atoms. The van der Waals surface area contributed by atoms with Gasteiger partial charge in [-0.05, 0) is 33.1 Å². The largest absolute Gasteiger partial charge is 0.337 e. The molecule has 1 aromatic heterocycles. The average Bonchev–Trinajstić information content (AvgIpc) is 2.34. The first-order valence-electron chi connectivity index (χ1n) is 5.78. The van der Waals surface area contributed by atoms with E-state index in [4.69, 9.17) is 0 Å². The number of nitrogens with zero attached hydrogens (tertiary/aromatic N) is 2. The van der Waals surface area contributed by atoms with Crippen LogP contribution in [0.2, 0.25) is 0 Å². The first-order chi connectivity index (χ1) is 8.43. The Kier molecular flexibility index (Phi) is 5.40. The second-order valence-corrected chi connectivity index (χ2v) is 6.11. The van der Waals surface area contributed by atoms with Gasteiger partial charge in [-0.1, -0.05) is 0 Å². The fraction of sp³-hybridized carbons (Fsp3) is 0.583. The van der Waals surface area contributed by atoms with Crippen LogP contribution in [0, 0.1) is 6.92 Å². The highest BCUT2D eigenvalue weighted by molar-refractivity contribution is 7.99. The fourth-order valence-corrected chi connectivity index (χ4v) is 1.42. The van der Waals surface area contributed by atoms with Crippen molar-refractivity contribution in [3.63, 3.8) is 0 Å². The lowest BCUT2D eigenvalue weighted by atomic mass is 10.2. The quantitative estimate of drug-likeness (QED) is 0.853. The first kappa shape index (κ1) is 14.8. The van der Waals surface area contributed by atoms with E-state index in [2.05, 4.69) is 34.4 Å².